The Morgan fingerprint density at radius 1 is 0.976 bits per heavy atom. The summed E-state index contributed by atoms with van der Waals surface area (Å²) in [4.78, 5) is 26.1. The lowest BCUT2D eigenvalue weighted by molar-refractivity contribution is 0.118. The van der Waals surface area contributed by atoms with Crippen molar-refractivity contribution >= 4 is 22.8 Å². The number of aromatic nitrogens is 7. The molecule has 12 nitrogen and oxygen atoms in total. The monoisotopic (exact) mass is 570 g/mol. The maximum Gasteiger partial charge on any atom is 0.225 e. The van der Waals surface area contributed by atoms with E-state index < -0.39 is 11.6 Å². The van der Waals surface area contributed by atoms with Crippen LogP contribution >= 0.6 is 0 Å². The highest BCUT2D eigenvalue weighted by atomic mass is 19.1. The number of hydrogen-bond donors (Lipinski definition) is 3. The van der Waals surface area contributed by atoms with E-state index >= 15 is 0 Å². The van der Waals surface area contributed by atoms with E-state index in [1.807, 2.05) is 19.2 Å². The molecule has 4 N–H and O–H groups in total. The molecule has 42 heavy (non-hydrogen) atoms. The van der Waals surface area contributed by atoms with Crippen LogP contribution in [0.2, 0.25) is 0 Å². The first-order valence-corrected chi connectivity index (χ1v) is 13.9. The Balaban J connectivity index is 1.05. The van der Waals surface area contributed by atoms with Gasteiger partial charge < -0.3 is 30.4 Å². The molecule has 7 rings (SSSR count). The third-order valence-electron chi connectivity index (χ3n) is 8.22. The maximum absolute atomic E-state index is 13.4. The number of halogens is 1. The predicted molar refractivity (Wildman–Crippen MR) is 154 cm³/mol. The lowest BCUT2D eigenvalue weighted by Crippen LogP contribution is -2.47. The molecule has 0 aliphatic carbocycles. The third-order valence-corrected chi connectivity index (χ3v) is 8.22. The number of aromatic amines is 1. The van der Waals surface area contributed by atoms with Gasteiger partial charge in [-0.3, -0.25) is 4.68 Å². The minimum absolute atomic E-state index is 0.190. The minimum Gasteiger partial charge on any atom is -0.388 e. The number of anilines is 2. The van der Waals surface area contributed by atoms with Gasteiger partial charge in [0.25, 0.3) is 0 Å². The second-order valence-electron chi connectivity index (χ2n) is 11.0. The van der Waals surface area contributed by atoms with Crippen molar-refractivity contribution < 1.29 is 14.2 Å². The number of aliphatic hydroxyl groups excluding tert-OH is 1. The van der Waals surface area contributed by atoms with Gasteiger partial charge in [0.05, 0.1) is 36.0 Å². The molecule has 6 heterocycles. The molecule has 5 aromatic rings. The van der Waals surface area contributed by atoms with Gasteiger partial charge >= 0.3 is 0 Å². The molecule has 0 saturated carbocycles. The number of nitrogens with zero attached hydrogens (tertiary/aromatic N) is 8. The average Bonchev–Trinajstić information content (AvgIpc) is 3.77. The third kappa shape index (κ3) is 4.74. The lowest BCUT2D eigenvalue weighted by Gasteiger charge is -2.35. The van der Waals surface area contributed by atoms with E-state index in [1.54, 1.807) is 41.7 Å². The molecule has 2 fully saturated rings. The van der Waals surface area contributed by atoms with Crippen LogP contribution in [0.4, 0.5) is 16.2 Å². The van der Waals surface area contributed by atoms with Crippen LogP contribution in [0.1, 0.15) is 24.1 Å². The van der Waals surface area contributed by atoms with Gasteiger partial charge in [-0.1, -0.05) is 12.1 Å². The summed E-state index contributed by atoms with van der Waals surface area (Å²) in [5, 5.41) is 15.5. The van der Waals surface area contributed by atoms with Crippen molar-refractivity contribution in [2.45, 2.75) is 24.6 Å². The molecule has 13 heteroatoms. The summed E-state index contributed by atoms with van der Waals surface area (Å²) >= 11 is 0. The van der Waals surface area contributed by atoms with Crippen LogP contribution in [0.5, 0.6) is 0 Å². The molecule has 2 saturated heterocycles. The molecule has 0 spiro atoms. The molecule has 2 aliphatic heterocycles. The highest BCUT2D eigenvalue weighted by Crippen LogP contribution is 2.31. The predicted octanol–water partition coefficient (Wildman–Crippen LogP) is 2.23. The van der Waals surface area contributed by atoms with Crippen LogP contribution in [0.3, 0.4) is 0 Å². The number of piperazine rings is 1. The number of nitrogens with one attached hydrogen (secondary N) is 1. The lowest BCUT2D eigenvalue weighted by atomic mass is 9.87. The van der Waals surface area contributed by atoms with Crippen LogP contribution in [-0.2, 0) is 10.3 Å². The zero-order chi connectivity index (χ0) is 28.8. The molecule has 216 valence electrons. The SMILES string of the molecule is C[C@](N)(c1ccc(F)cc1)c1cnc(N2CCN(c3ncnc4[nH]c(-c5cnn([C@@H]6COC[C@H]6O)c5)cc34)CC2)nc1. The number of hydrogen-bond acceptors (Lipinski definition) is 10. The molecule has 0 unspecified atom stereocenters. The van der Waals surface area contributed by atoms with E-state index in [0.717, 1.165) is 65.4 Å². The Labute approximate surface area is 241 Å². The second kappa shape index (κ2) is 10.4. The van der Waals surface area contributed by atoms with E-state index in [-0.39, 0.29) is 11.9 Å². The summed E-state index contributed by atoms with van der Waals surface area (Å²) in [6, 6.07) is 8.04. The van der Waals surface area contributed by atoms with Crippen LogP contribution < -0.4 is 15.5 Å². The van der Waals surface area contributed by atoms with Crippen molar-refractivity contribution in [2.24, 2.45) is 5.73 Å². The van der Waals surface area contributed by atoms with E-state index in [2.05, 4.69) is 39.8 Å². The fraction of sp³-hybridized carbons (Fsp3) is 0.345. The number of benzene rings is 1. The fourth-order valence-corrected chi connectivity index (χ4v) is 5.61. The number of aliphatic hydroxyl groups is 1. The standard InChI is InChI=1S/C29H31FN10O2/c1-29(31,19-2-4-21(30)5-3-19)20-12-32-28(33-13-20)39-8-6-38(7-9-39)27-22-10-23(37-26(22)34-17-35-27)18-11-36-40(14-18)24-15-42-16-25(24)41/h2-5,10-14,17,24-25,41H,6-9,15-16,31H2,1H3,(H,34,35,37)/t24-,25-,29+/m1/s1. The quantitative estimate of drug-likeness (QED) is 0.278. The van der Waals surface area contributed by atoms with Gasteiger partial charge in [-0.2, -0.15) is 5.10 Å². The zero-order valence-corrected chi connectivity index (χ0v) is 23.1. The highest BCUT2D eigenvalue weighted by Gasteiger charge is 2.29. The van der Waals surface area contributed by atoms with E-state index in [4.69, 9.17) is 10.5 Å². The Morgan fingerprint density at radius 2 is 1.71 bits per heavy atom. The molecule has 1 aromatic carbocycles. The van der Waals surface area contributed by atoms with Gasteiger partial charge in [-0.25, -0.2) is 24.3 Å². The molecule has 4 aromatic heterocycles. The van der Waals surface area contributed by atoms with Gasteiger partial charge in [0.1, 0.15) is 35.8 Å². The summed E-state index contributed by atoms with van der Waals surface area (Å²) in [7, 11) is 0. The normalized spacial score (nSPS) is 20.8. The number of rotatable bonds is 6. The molecular weight excluding hydrogens is 539 g/mol. The van der Waals surface area contributed by atoms with Crippen molar-refractivity contribution in [3.8, 4) is 11.3 Å². The first kappa shape index (κ1) is 26.4. The van der Waals surface area contributed by atoms with Crippen LogP contribution in [0.15, 0.2) is 61.4 Å². The smallest absolute Gasteiger partial charge is 0.225 e. The number of H-pyrrole nitrogens is 1. The molecule has 2 aliphatic rings. The first-order valence-electron chi connectivity index (χ1n) is 13.9. The van der Waals surface area contributed by atoms with Crippen molar-refractivity contribution in [3.05, 3.63) is 78.4 Å². The van der Waals surface area contributed by atoms with Crippen molar-refractivity contribution in [1.82, 2.24) is 34.7 Å². The molecule has 0 radical (unpaired) electrons. The minimum atomic E-state index is -0.844. The Bertz CT molecular complexity index is 1690. The topological polar surface area (TPSA) is 147 Å². The summed E-state index contributed by atoms with van der Waals surface area (Å²) in [6.07, 6.45) is 8.19. The summed E-state index contributed by atoms with van der Waals surface area (Å²) in [5.41, 5.74) is 9.81. The molecule has 3 atom stereocenters. The van der Waals surface area contributed by atoms with Crippen molar-refractivity contribution in [1.29, 1.82) is 0 Å². The van der Waals surface area contributed by atoms with Gasteiger partial charge in [-0.15, -0.1) is 0 Å². The second-order valence-corrected chi connectivity index (χ2v) is 11.0. The van der Waals surface area contributed by atoms with E-state index in [0.29, 0.717) is 19.2 Å². The first-order chi connectivity index (χ1) is 20.4. The van der Waals surface area contributed by atoms with Crippen molar-refractivity contribution in [2.75, 3.05) is 49.2 Å². The summed E-state index contributed by atoms with van der Waals surface area (Å²) < 4.78 is 20.5. The maximum atomic E-state index is 13.4. The summed E-state index contributed by atoms with van der Waals surface area (Å²) in [6.45, 7) is 5.54. The molecular formula is C29H31FN10O2. The largest absolute Gasteiger partial charge is 0.388 e. The zero-order valence-electron chi connectivity index (χ0n) is 23.1. The van der Waals surface area contributed by atoms with Gasteiger partial charge in [-0.05, 0) is 30.7 Å². The van der Waals surface area contributed by atoms with Crippen LogP contribution in [-0.4, -0.2) is 85.3 Å². The number of nitrogens with two attached hydrogens (primary N) is 1. The fourth-order valence-electron chi connectivity index (χ4n) is 5.61. The van der Waals surface area contributed by atoms with Crippen molar-refractivity contribution in [3.63, 3.8) is 0 Å². The Kier molecular flexibility index (Phi) is 6.56. The number of fused-ring (bicyclic) bond motifs is 1. The van der Waals surface area contributed by atoms with E-state index in [1.165, 1.54) is 12.1 Å². The Hall–Kier alpha value is -4.46. The van der Waals surface area contributed by atoms with Crippen LogP contribution in [0, 0.1) is 5.82 Å². The highest BCUT2D eigenvalue weighted by molar-refractivity contribution is 5.91. The molecule has 0 amide bonds. The summed E-state index contributed by atoms with van der Waals surface area (Å²) in [5.74, 6) is 1.20. The van der Waals surface area contributed by atoms with Gasteiger partial charge in [0.15, 0.2) is 0 Å². The van der Waals surface area contributed by atoms with Crippen LogP contribution in [0.25, 0.3) is 22.3 Å². The van der Waals surface area contributed by atoms with Gasteiger partial charge in [0, 0.05) is 55.9 Å². The van der Waals surface area contributed by atoms with Gasteiger partial charge in [0.2, 0.25) is 5.95 Å². The number of ether oxygens (including phenoxy) is 1. The molecule has 0 bridgehead atoms. The average molecular weight is 571 g/mol. The van der Waals surface area contributed by atoms with E-state index in [9.17, 15) is 9.50 Å². The Morgan fingerprint density at radius 3 is 2.43 bits per heavy atom.